The molecule has 5 heteroatoms. The van der Waals surface area contributed by atoms with Gasteiger partial charge in [-0.3, -0.25) is 9.59 Å². The standard InChI is InChI=1S/C15H23N3O2/c1-10(19)18-12-7-5-11(6-8-12)9-17-14(20)13(16)15(2,3)4/h5-8,13H,9,16H2,1-4H3,(H,17,20)(H,18,19). The van der Waals surface area contributed by atoms with Gasteiger partial charge in [-0.05, 0) is 23.1 Å². The zero-order chi connectivity index (χ0) is 15.3. The lowest BCUT2D eigenvalue weighted by atomic mass is 9.87. The first-order chi connectivity index (χ1) is 9.20. The Morgan fingerprint density at radius 3 is 2.20 bits per heavy atom. The Hall–Kier alpha value is -1.88. The molecule has 20 heavy (non-hydrogen) atoms. The first kappa shape index (κ1) is 16.2. The van der Waals surface area contributed by atoms with Crippen LogP contribution < -0.4 is 16.4 Å². The van der Waals surface area contributed by atoms with Crippen LogP contribution in [0.1, 0.15) is 33.3 Å². The molecule has 0 aliphatic rings. The summed E-state index contributed by atoms with van der Waals surface area (Å²) in [6.45, 7) is 7.67. The van der Waals surface area contributed by atoms with Crippen LogP contribution in [0.4, 0.5) is 5.69 Å². The van der Waals surface area contributed by atoms with Gasteiger partial charge in [0.2, 0.25) is 11.8 Å². The topological polar surface area (TPSA) is 84.2 Å². The van der Waals surface area contributed by atoms with Gasteiger partial charge in [-0.1, -0.05) is 32.9 Å². The molecule has 1 atom stereocenters. The average molecular weight is 277 g/mol. The third-order valence-electron chi connectivity index (χ3n) is 2.96. The van der Waals surface area contributed by atoms with Gasteiger partial charge in [0.15, 0.2) is 0 Å². The highest BCUT2D eigenvalue weighted by atomic mass is 16.2. The molecule has 0 fully saturated rings. The number of hydrogen-bond donors (Lipinski definition) is 3. The number of carbonyl (C=O) groups is 2. The van der Waals surface area contributed by atoms with E-state index in [0.717, 1.165) is 11.3 Å². The first-order valence-corrected chi connectivity index (χ1v) is 6.60. The number of hydrogen-bond acceptors (Lipinski definition) is 3. The van der Waals surface area contributed by atoms with E-state index >= 15 is 0 Å². The molecule has 1 unspecified atom stereocenters. The molecule has 0 aliphatic heterocycles. The summed E-state index contributed by atoms with van der Waals surface area (Å²) in [6, 6.07) is 6.77. The fourth-order valence-electron chi connectivity index (χ4n) is 1.60. The van der Waals surface area contributed by atoms with Gasteiger partial charge < -0.3 is 16.4 Å². The lowest BCUT2D eigenvalue weighted by Gasteiger charge is -2.25. The molecule has 0 saturated carbocycles. The summed E-state index contributed by atoms with van der Waals surface area (Å²) in [5.41, 5.74) is 7.30. The van der Waals surface area contributed by atoms with E-state index < -0.39 is 6.04 Å². The second kappa shape index (κ2) is 6.52. The SMILES string of the molecule is CC(=O)Nc1ccc(CNC(=O)C(N)C(C)(C)C)cc1. The van der Waals surface area contributed by atoms with Gasteiger partial charge in [-0.15, -0.1) is 0 Å². The van der Waals surface area contributed by atoms with Crippen LogP contribution in [-0.4, -0.2) is 17.9 Å². The van der Waals surface area contributed by atoms with Crippen molar-refractivity contribution in [3.05, 3.63) is 29.8 Å². The lowest BCUT2D eigenvalue weighted by Crippen LogP contribution is -2.48. The number of nitrogens with two attached hydrogens (primary N) is 1. The fraction of sp³-hybridized carbons (Fsp3) is 0.467. The molecule has 0 spiro atoms. The minimum absolute atomic E-state index is 0.109. The molecule has 1 aromatic carbocycles. The zero-order valence-corrected chi connectivity index (χ0v) is 12.5. The molecule has 0 bridgehead atoms. The minimum atomic E-state index is -0.541. The Bertz CT molecular complexity index is 475. The Morgan fingerprint density at radius 2 is 1.75 bits per heavy atom. The summed E-state index contributed by atoms with van der Waals surface area (Å²) in [5.74, 6) is -0.273. The molecule has 5 nitrogen and oxygen atoms in total. The summed E-state index contributed by atoms with van der Waals surface area (Å²) >= 11 is 0. The predicted molar refractivity (Wildman–Crippen MR) is 80.0 cm³/mol. The van der Waals surface area contributed by atoms with Crippen LogP contribution in [0.3, 0.4) is 0 Å². The van der Waals surface area contributed by atoms with Crippen molar-refractivity contribution in [1.82, 2.24) is 5.32 Å². The molecule has 0 heterocycles. The summed E-state index contributed by atoms with van der Waals surface area (Å²) in [5, 5.41) is 5.50. The van der Waals surface area contributed by atoms with E-state index in [0.29, 0.717) is 6.54 Å². The smallest absolute Gasteiger partial charge is 0.237 e. The largest absolute Gasteiger partial charge is 0.351 e. The Labute approximate surface area is 119 Å². The van der Waals surface area contributed by atoms with E-state index in [2.05, 4.69) is 10.6 Å². The quantitative estimate of drug-likeness (QED) is 0.782. The molecule has 110 valence electrons. The zero-order valence-electron chi connectivity index (χ0n) is 12.5. The maximum atomic E-state index is 11.9. The van der Waals surface area contributed by atoms with Crippen molar-refractivity contribution in [3.8, 4) is 0 Å². The highest BCUT2D eigenvalue weighted by Gasteiger charge is 2.26. The normalized spacial score (nSPS) is 12.7. The van der Waals surface area contributed by atoms with Gasteiger partial charge in [0, 0.05) is 19.2 Å². The van der Waals surface area contributed by atoms with Crippen molar-refractivity contribution < 1.29 is 9.59 Å². The maximum Gasteiger partial charge on any atom is 0.237 e. The van der Waals surface area contributed by atoms with Crippen molar-refractivity contribution in [2.45, 2.75) is 40.3 Å². The summed E-state index contributed by atoms with van der Waals surface area (Å²) in [6.07, 6.45) is 0. The van der Waals surface area contributed by atoms with E-state index in [1.807, 2.05) is 32.9 Å². The number of rotatable bonds is 4. The van der Waals surface area contributed by atoms with Crippen LogP contribution in [0, 0.1) is 5.41 Å². The molecule has 1 rings (SSSR count). The highest BCUT2D eigenvalue weighted by Crippen LogP contribution is 2.17. The summed E-state index contributed by atoms with van der Waals surface area (Å²) < 4.78 is 0. The third-order valence-corrected chi connectivity index (χ3v) is 2.96. The van der Waals surface area contributed by atoms with Crippen LogP contribution in [0.15, 0.2) is 24.3 Å². The van der Waals surface area contributed by atoms with Crippen LogP contribution >= 0.6 is 0 Å². The summed E-state index contributed by atoms with van der Waals surface area (Å²) in [7, 11) is 0. The fourth-order valence-corrected chi connectivity index (χ4v) is 1.60. The van der Waals surface area contributed by atoms with E-state index in [1.54, 1.807) is 12.1 Å². The number of amides is 2. The minimum Gasteiger partial charge on any atom is -0.351 e. The monoisotopic (exact) mass is 277 g/mol. The first-order valence-electron chi connectivity index (χ1n) is 6.60. The van der Waals surface area contributed by atoms with E-state index in [4.69, 9.17) is 5.73 Å². The van der Waals surface area contributed by atoms with Gasteiger partial charge in [0.1, 0.15) is 0 Å². The second-order valence-corrected chi connectivity index (χ2v) is 5.94. The third kappa shape index (κ3) is 5.01. The molecule has 0 radical (unpaired) electrons. The second-order valence-electron chi connectivity index (χ2n) is 5.94. The van der Waals surface area contributed by atoms with Crippen LogP contribution in [-0.2, 0) is 16.1 Å². The Kier molecular flexibility index (Phi) is 5.27. The molecule has 2 amide bonds. The number of carbonyl (C=O) groups excluding carboxylic acids is 2. The van der Waals surface area contributed by atoms with Crippen LogP contribution in [0.2, 0.25) is 0 Å². The van der Waals surface area contributed by atoms with E-state index in [-0.39, 0.29) is 17.2 Å². The summed E-state index contributed by atoms with van der Waals surface area (Å²) in [4.78, 5) is 22.8. The van der Waals surface area contributed by atoms with Crippen molar-refractivity contribution in [3.63, 3.8) is 0 Å². The Morgan fingerprint density at radius 1 is 1.20 bits per heavy atom. The van der Waals surface area contributed by atoms with Crippen molar-refractivity contribution in [2.24, 2.45) is 11.1 Å². The van der Waals surface area contributed by atoms with Gasteiger partial charge in [-0.25, -0.2) is 0 Å². The van der Waals surface area contributed by atoms with E-state index in [1.165, 1.54) is 6.92 Å². The average Bonchev–Trinajstić information content (AvgIpc) is 2.35. The van der Waals surface area contributed by atoms with E-state index in [9.17, 15) is 9.59 Å². The van der Waals surface area contributed by atoms with Crippen molar-refractivity contribution in [2.75, 3.05) is 5.32 Å². The molecular weight excluding hydrogens is 254 g/mol. The molecule has 0 saturated heterocycles. The van der Waals surface area contributed by atoms with Gasteiger partial charge in [0.25, 0.3) is 0 Å². The molecule has 0 aromatic heterocycles. The van der Waals surface area contributed by atoms with Gasteiger partial charge in [-0.2, -0.15) is 0 Å². The van der Waals surface area contributed by atoms with Gasteiger partial charge in [0.05, 0.1) is 6.04 Å². The van der Waals surface area contributed by atoms with Crippen LogP contribution in [0.25, 0.3) is 0 Å². The molecular formula is C15H23N3O2. The lowest BCUT2D eigenvalue weighted by molar-refractivity contribution is -0.124. The number of anilines is 1. The Balaban J connectivity index is 2.54. The number of benzene rings is 1. The molecule has 1 aromatic rings. The molecule has 0 aliphatic carbocycles. The van der Waals surface area contributed by atoms with Crippen LogP contribution in [0.5, 0.6) is 0 Å². The van der Waals surface area contributed by atoms with Gasteiger partial charge >= 0.3 is 0 Å². The highest BCUT2D eigenvalue weighted by molar-refractivity contribution is 5.88. The molecule has 4 N–H and O–H groups in total. The van der Waals surface area contributed by atoms with Crippen molar-refractivity contribution >= 4 is 17.5 Å². The number of nitrogens with one attached hydrogen (secondary N) is 2. The predicted octanol–water partition coefficient (Wildman–Crippen LogP) is 1.63. The van der Waals surface area contributed by atoms with Crippen molar-refractivity contribution in [1.29, 1.82) is 0 Å². The maximum absolute atomic E-state index is 11.9.